The van der Waals surface area contributed by atoms with Gasteiger partial charge in [-0.2, -0.15) is 8.42 Å². The fourth-order valence-corrected chi connectivity index (χ4v) is 2.52. The van der Waals surface area contributed by atoms with Crippen LogP contribution < -0.4 is 10.1 Å². The first-order valence-electron chi connectivity index (χ1n) is 6.91. The highest BCUT2D eigenvalue weighted by atomic mass is 32.2. The lowest BCUT2D eigenvalue weighted by atomic mass is 10.1. The van der Waals surface area contributed by atoms with Crippen LogP contribution in [-0.2, 0) is 16.5 Å². The Morgan fingerprint density at radius 1 is 1.17 bits per heavy atom. The number of benzene rings is 2. The summed E-state index contributed by atoms with van der Waals surface area (Å²) in [5.41, 5.74) is 1.91. The lowest BCUT2D eigenvalue weighted by molar-refractivity contribution is 0.102. The van der Waals surface area contributed by atoms with Gasteiger partial charge in [-0.05, 0) is 36.2 Å². The van der Waals surface area contributed by atoms with E-state index in [0.717, 1.165) is 18.1 Å². The quantitative estimate of drug-likeness (QED) is 0.820. The zero-order valence-corrected chi connectivity index (χ0v) is 13.6. The number of aryl methyl sites for hydroxylation is 1. The first-order chi connectivity index (χ1) is 10.8. The third kappa shape index (κ3) is 4.08. The van der Waals surface area contributed by atoms with Crippen LogP contribution in [0.5, 0.6) is 5.75 Å². The van der Waals surface area contributed by atoms with E-state index >= 15 is 0 Å². The molecular weight excluding hydrogens is 318 g/mol. The number of amides is 1. The van der Waals surface area contributed by atoms with Crippen molar-refractivity contribution in [3.8, 4) is 5.75 Å². The van der Waals surface area contributed by atoms with Crippen LogP contribution in [0.3, 0.4) is 0 Å². The van der Waals surface area contributed by atoms with E-state index in [1.165, 1.54) is 19.2 Å². The smallest absolute Gasteiger partial charge is 0.294 e. The SMILES string of the molecule is CCc1ccc(C(=O)Nc2ccc(S(=O)(=O)O)cc2OC)cc1. The van der Waals surface area contributed by atoms with Crippen molar-refractivity contribution >= 4 is 21.7 Å². The molecular formula is C16H17NO5S. The van der Waals surface area contributed by atoms with Gasteiger partial charge in [-0.3, -0.25) is 9.35 Å². The number of rotatable bonds is 5. The topological polar surface area (TPSA) is 92.7 Å². The Bertz CT molecular complexity index is 813. The number of carbonyl (C=O) groups excluding carboxylic acids is 1. The largest absolute Gasteiger partial charge is 0.495 e. The molecule has 0 aliphatic heterocycles. The van der Waals surface area contributed by atoms with Gasteiger partial charge < -0.3 is 10.1 Å². The monoisotopic (exact) mass is 335 g/mol. The molecule has 2 rings (SSSR count). The predicted molar refractivity (Wildman–Crippen MR) is 86.6 cm³/mol. The molecule has 0 spiro atoms. The van der Waals surface area contributed by atoms with Crippen molar-refractivity contribution in [2.24, 2.45) is 0 Å². The molecule has 0 bridgehead atoms. The molecule has 6 nitrogen and oxygen atoms in total. The van der Waals surface area contributed by atoms with E-state index in [-0.39, 0.29) is 16.6 Å². The van der Waals surface area contributed by atoms with Crippen molar-refractivity contribution in [3.05, 3.63) is 53.6 Å². The molecule has 0 saturated heterocycles. The maximum absolute atomic E-state index is 12.2. The van der Waals surface area contributed by atoms with Gasteiger partial charge in [0.2, 0.25) is 0 Å². The molecule has 0 unspecified atom stereocenters. The van der Waals surface area contributed by atoms with Gasteiger partial charge in [0.15, 0.2) is 0 Å². The average Bonchev–Trinajstić information content (AvgIpc) is 2.54. The van der Waals surface area contributed by atoms with Crippen molar-refractivity contribution in [3.63, 3.8) is 0 Å². The number of anilines is 1. The molecule has 0 aromatic heterocycles. The summed E-state index contributed by atoms with van der Waals surface area (Å²) in [5, 5.41) is 2.65. The lowest BCUT2D eigenvalue weighted by Gasteiger charge is -2.11. The summed E-state index contributed by atoms with van der Waals surface area (Å²) < 4.78 is 36.4. The van der Waals surface area contributed by atoms with E-state index in [1.54, 1.807) is 12.1 Å². The summed E-state index contributed by atoms with van der Waals surface area (Å²) >= 11 is 0. The van der Waals surface area contributed by atoms with Crippen LogP contribution in [0, 0.1) is 0 Å². The molecule has 0 heterocycles. The first kappa shape index (κ1) is 17.0. The van der Waals surface area contributed by atoms with Gasteiger partial charge in [0.05, 0.1) is 17.7 Å². The standard InChI is InChI=1S/C16H17NO5S/c1-3-11-4-6-12(7-5-11)16(18)17-14-9-8-13(23(19,20)21)10-15(14)22-2/h4-10H,3H2,1-2H3,(H,17,18)(H,19,20,21). The molecule has 0 aliphatic carbocycles. The van der Waals surface area contributed by atoms with Gasteiger partial charge in [-0.25, -0.2) is 0 Å². The Morgan fingerprint density at radius 2 is 1.83 bits per heavy atom. The molecule has 23 heavy (non-hydrogen) atoms. The van der Waals surface area contributed by atoms with Crippen LogP contribution in [0.1, 0.15) is 22.8 Å². The Hall–Kier alpha value is -2.38. The molecule has 2 aromatic carbocycles. The zero-order chi connectivity index (χ0) is 17.0. The maximum Gasteiger partial charge on any atom is 0.294 e. The second-order valence-corrected chi connectivity index (χ2v) is 6.26. The Balaban J connectivity index is 2.26. The van der Waals surface area contributed by atoms with E-state index < -0.39 is 10.1 Å². The van der Waals surface area contributed by atoms with Gasteiger partial charge >= 0.3 is 0 Å². The predicted octanol–water partition coefficient (Wildman–Crippen LogP) is 2.76. The van der Waals surface area contributed by atoms with E-state index in [2.05, 4.69) is 5.32 Å². The number of methoxy groups -OCH3 is 1. The van der Waals surface area contributed by atoms with Crippen LogP contribution in [0.4, 0.5) is 5.69 Å². The number of nitrogens with one attached hydrogen (secondary N) is 1. The van der Waals surface area contributed by atoms with Gasteiger partial charge in [0.1, 0.15) is 5.75 Å². The van der Waals surface area contributed by atoms with E-state index in [1.807, 2.05) is 19.1 Å². The number of hydrogen-bond donors (Lipinski definition) is 2. The molecule has 0 fully saturated rings. The van der Waals surface area contributed by atoms with Gasteiger partial charge in [-0.1, -0.05) is 19.1 Å². The Labute approximate surface area is 134 Å². The molecule has 2 N–H and O–H groups in total. The number of ether oxygens (including phenoxy) is 1. The fraction of sp³-hybridized carbons (Fsp3) is 0.188. The minimum atomic E-state index is -4.33. The molecule has 2 aromatic rings. The molecule has 0 atom stereocenters. The van der Waals surface area contributed by atoms with Crippen molar-refractivity contribution in [2.45, 2.75) is 18.2 Å². The Kier molecular flexibility index (Phi) is 5.02. The molecule has 122 valence electrons. The summed E-state index contributed by atoms with van der Waals surface area (Å²) in [5.74, 6) is -0.204. The van der Waals surface area contributed by atoms with Gasteiger partial charge in [-0.15, -0.1) is 0 Å². The summed E-state index contributed by atoms with van der Waals surface area (Å²) in [6.07, 6.45) is 0.882. The van der Waals surface area contributed by atoms with Crippen molar-refractivity contribution < 1.29 is 22.5 Å². The van der Waals surface area contributed by atoms with E-state index in [9.17, 15) is 13.2 Å². The molecule has 1 amide bonds. The van der Waals surface area contributed by atoms with E-state index in [0.29, 0.717) is 11.3 Å². The first-order valence-corrected chi connectivity index (χ1v) is 8.35. The van der Waals surface area contributed by atoms with Crippen molar-refractivity contribution in [2.75, 3.05) is 12.4 Å². The van der Waals surface area contributed by atoms with E-state index in [4.69, 9.17) is 9.29 Å². The Morgan fingerprint density at radius 3 is 2.35 bits per heavy atom. The summed E-state index contributed by atoms with van der Waals surface area (Å²) in [6.45, 7) is 2.02. The van der Waals surface area contributed by atoms with Crippen LogP contribution in [0.2, 0.25) is 0 Å². The third-order valence-electron chi connectivity index (χ3n) is 3.34. The summed E-state index contributed by atoms with van der Waals surface area (Å²) in [4.78, 5) is 11.9. The van der Waals surface area contributed by atoms with Gasteiger partial charge in [0.25, 0.3) is 16.0 Å². The number of hydrogen-bond acceptors (Lipinski definition) is 4. The van der Waals surface area contributed by atoms with Crippen LogP contribution in [0.15, 0.2) is 47.4 Å². The maximum atomic E-state index is 12.2. The van der Waals surface area contributed by atoms with Crippen LogP contribution in [-0.4, -0.2) is 26.0 Å². The normalized spacial score (nSPS) is 11.1. The number of carbonyl (C=O) groups is 1. The second-order valence-electron chi connectivity index (χ2n) is 4.84. The highest BCUT2D eigenvalue weighted by molar-refractivity contribution is 7.85. The minimum absolute atomic E-state index is 0.138. The van der Waals surface area contributed by atoms with Crippen molar-refractivity contribution in [1.82, 2.24) is 0 Å². The highest BCUT2D eigenvalue weighted by Crippen LogP contribution is 2.28. The van der Waals surface area contributed by atoms with Crippen molar-refractivity contribution in [1.29, 1.82) is 0 Å². The highest BCUT2D eigenvalue weighted by Gasteiger charge is 2.15. The summed E-state index contributed by atoms with van der Waals surface area (Å²) in [7, 11) is -2.99. The third-order valence-corrected chi connectivity index (χ3v) is 4.19. The molecule has 7 heteroatoms. The average molecular weight is 335 g/mol. The van der Waals surface area contributed by atoms with Gasteiger partial charge in [0, 0.05) is 11.6 Å². The van der Waals surface area contributed by atoms with Crippen LogP contribution in [0.25, 0.3) is 0 Å². The molecule has 0 aliphatic rings. The van der Waals surface area contributed by atoms with Crippen LogP contribution >= 0.6 is 0 Å². The molecule has 0 saturated carbocycles. The minimum Gasteiger partial charge on any atom is -0.495 e. The second kappa shape index (κ2) is 6.80. The molecule has 0 radical (unpaired) electrons. The fourth-order valence-electron chi connectivity index (χ4n) is 2.02. The lowest BCUT2D eigenvalue weighted by Crippen LogP contribution is -2.13. The zero-order valence-electron chi connectivity index (χ0n) is 12.7. The summed E-state index contributed by atoms with van der Waals surface area (Å²) in [6, 6.07) is 10.9.